The molecule has 1 amide bonds. The first-order valence-corrected chi connectivity index (χ1v) is 8.61. The molecule has 1 aromatic carbocycles. The summed E-state index contributed by atoms with van der Waals surface area (Å²) in [4.78, 5) is 33.5. The molecule has 0 bridgehead atoms. The van der Waals surface area contributed by atoms with Crippen LogP contribution in [0.2, 0.25) is 0 Å². The molecule has 5 atom stereocenters. The number of nitrogens with one attached hydrogen (secondary N) is 1. The zero-order valence-electron chi connectivity index (χ0n) is 15.8. The molecule has 0 saturated carbocycles. The number of benzene rings is 1. The van der Waals surface area contributed by atoms with Crippen LogP contribution in [0.25, 0.3) is 0 Å². The van der Waals surface area contributed by atoms with Crippen molar-refractivity contribution in [1.82, 2.24) is 0 Å². The Morgan fingerprint density at radius 2 is 1.79 bits per heavy atom. The van der Waals surface area contributed by atoms with E-state index < -0.39 is 42.6 Å². The van der Waals surface area contributed by atoms with Crippen LogP contribution in [-0.2, 0) is 28.6 Å². The van der Waals surface area contributed by atoms with Crippen molar-refractivity contribution in [3.05, 3.63) is 24.3 Å². The smallest absolute Gasteiger partial charge is 0.303 e. The van der Waals surface area contributed by atoms with Crippen molar-refractivity contribution >= 4 is 23.5 Å². The van der Waals surface area contributed by atoms with Crippen molar-refractivity contribution in [3.63, 3.8) is 0 Å². The Kier molecular flexibility index (Phi) is 7.32. The topological polar surface area (TPSA) is 146 Å². The van der Waals surface area contributed by atoms with Crippen molar-refractivity contribution in [1.29, 1.82) is 0 Å². The second kappa shape index (κ2) is 9.49. The minimum Gasteiger partial charge on any atom is -0.463 e. The second-order valence-electron chi connectivity index (χ2n) is 6.31. The molecule has 1 aliphatic rings. The minimum atomic E-state index is -1.31. The molecule has 1 aliphatic heterocycles. The number of rotatable bonds is 6. The van der Waals surface area contributed by atoms with E-state index in [2.05, 4.69) is 5.32 Å². The highest BCUT2D eigenvalue weighted by atomic mass is 16.7. The van der Waals surface area contributed by atoms with Gasteiger partial charge in [0.25, 0.3) is 0 Å². The van der Waals surface area contributed by atoms with Crippen LogP contribution in [-0.4, -0.2) is 60.2 Å². The van der Waals surface area contributed by atoms with Crippen molar-refractivity contribution in [2.45, 2.75) is 51.4 Å². The molecule has 1 unspecified atom stereocenters. The molecule has 1 aromatic rings. The largest absolute Gasteiger partial charge is 0.463 e. The average molecular weight is 396 g/mol. The fraction of sp³-hybridized carbons (Fsp3) is 0.500. The summed E-state index contributed by atoms with van der Waals surface area (Å²) in [6.07, 6.45) is -4.44. The third kappa shape index (κ3) is 5.91. The zero-order valence-corrected chi connectivity index (χ0v) is 15.8. The number of hydrogen-bond donors (Lipinski definition) is 3. The summed E-state index contributed by atoms with van der Waals surface area (Å²) >= 11 is 0. The van der Waals surface area contributed by atoms with Gasteiger partial charge in [-0.2, -0.15) is 0 Å². The summed E-state index contributed by atoms with van der Waals surface area (Å²) in [6, 6.07) is 5.35. The predicted octanol–water partition coefficient (Wildman–Crippen LogP) is -0.0683. The molecule has 0 aromatic heterocycles. The highest BCUT2D eigenvalue weighted by molar-refractivity contribution is 5.88. The fourth-order valence-electron chi connectivity index (χ4n) is 2.69. The predicted molar refractivity (Wildman–Crippen MR) is 96.2 cm³/mol. The first kappa shape index (κ1) is 21.6. The van der Waals surface area contributed by atoms with Crippen LogP contribution >= 0.6 is 0 Å². The van der Waals surface area contributed by atoms with Crippen LogP contribution in [0.3, 0.4) is 0 Å². The summed E-state index contributed by atoms with van der Waals surface area (Å²) in [5.74, 6) is -1.02. The number of amides is 1. The van der Waals surface area contributed by atoms with Crippen LogP contribution in [0.1, 0.15) is 20.8 Å². The number of carbonyl (C=O) groups excluding carboxylic acids is 3. The molecule has 10 heteroatoms. The number of aliphatic hydroxyl groups is 1. The Hall–Kier alpha value is -2.69. The first-order chi connectivity index (χ1) is 13.2. The van der Waals surface area contributed by atoms with E-state index in [0.717, 1.165) is 0 Å². The Labute approximate surface area is 161 Å². The summed E-state index contributed by atoms with van der Waals surface area (Å²) in [5, 5.41) is 13.0. The number of nitrogens with two attached hydrogens (primary N) is 1. The lowest BCUT2D eigenvalue weighted by Gasteiger charge is -2.42. The lowest BCUT2D eigenvalue weighted by molar-refractivity contribution is -0.254. The van der Waals surface area contributed by atoms with Crippen LogP contribution in [0.5, 0.6) is 5.75 Å². The molecule has 10 nitrogen and oxygen atoms in total. The van der Waals surface area contributed by atoms with Crippen molar-refractivity contribution in [2.75, 3.05) is 11.9 Å². The maximum atomic E-state index is 11.3. The Balaban J connectivity index is 2.11. The molecule has 1 saturated heterocycles. The Morgan fingerprint density at radius 1 is 1.14 bits per heavy atom. The summed E-state index contributed by atoms with van der Waals surface area (Å²) in [5.41, 5.74) is 6.59. The van der Waals surface area contributed by atoms with E-state index in [-0.39, 0.29) is 12.5 Å². The van der Waals surface area contributed by atoms with Gasteiger partial charge in [0, 0.05) is 26.5 Å². The van der Waals surface area contributed by atoms with Gasteiger partial charge >= 0.3 is 11.9 Å². The summed E-state index contributed by atoms with van der Waals surface area (Å²) in [6.45, 7) is 3.58. The average Bonchev–Trinajstić information content (AvgIpc) is 2.61. The molecule has 4 N–H and O–H groups in total. The molecule has 1 fully saturated rings. The third-order valence-corrected chi connectivity index (χ3v) is 3.91. The normalized spacial score (nSPS) is 26.8. The number of hydrogen-bond acceptors (Lipinski definition) is 9. The van der Waals surface area contributed by atoms with E-state index in [9.17, 15) is 19.5 Å². The maximum absolute atomic E-state index is 11.3. The van der Waals surface area contributed by atoms with Gasteiger partial charge < -0.3 is 35.1 Å². The lowest BCUT2D eigenvalue weighted by Crippen LogP contribution is -2.64. The van der Waals surface area contributed by atoms with Gasteiger partial charge in [0.2, 0.25) is 12.2 Å². The first-order valence-electron chi connectivity index (χ1n) is 8.61. The van der Waals surface area contributed by atoms with Crippen LogP contribution < -0.4 is 15.8 Å². The van der Waals surface area contributed by atoms with E-state index in [1.807, 2.05) is 0 Å². The maximum Gasteiger partial charge on any atom is 0.303 e. The number of esters is 2. The van der Waals surface area contributed by atoms with Gasteiger partial charge in [-0.05, 0) is 24.3 Å². The highest BCUT2D eigenvalue weighted by Crippen LogP contribution is 2.26. The summed E-state index contributed by atoms with van der Waals surface area (Å²) < 4.78 is 21.4. The van der Waals surface area contributed by atoms with Gasteiger partial charge in [-0.15, -0.1) is 0 Å². The number of aliphatic hydroxyl groups excluding tert-OH is 1. The molecule has 1 heterocycles. The standard InChI is InChI=1S/C18H24N2O8/c1-9(21)20-12-4-6-13(7-5-12)27-18-16(24)15(19)17(26-11(3)23)14(28-18)8-25-10(2)22/h4-7,14-18,24H,8,19H2,1-3H3,(H,20,21)/t14?,15-,16-,17+,18-/m0/s1. The van der Waals surface area contributed by atoms with E-state index >= 15 is 0 Å². The quantitative estimate of drug-likeness (QED) is 0.562. The molecular formula is C18H24N2O8. The van der Waals surface area contributed by atoms with Gasteiger partial charge in [0.1, 0.15) is 30.7 Å². The monoisotopic (exact) mass is 396 g/mol. The molecular weight excluding hydrogens is 372 g/mol. The van der Waals surface area contributed by atoms with Gasteiger partial charge in [-0.25, -0.2) is 0 Å². The fourth-order valence-corrected chi connectivity index (χ4v) is 2.69. The molecule has 2 rings (SSSR count). The zero-order chi connectivity index (χ0) is 20.8. The van der Waals surface area contributed by atoms with Crippen molar-refractivity contribution in [2.24, 2.45) is 5.73 Å². The minimum absolute atomic E-state index is 0.212. The molecule has 0 spiro atoms. The van der Waals surface area contributed by atoms with E-state index in [4.69, 9.17) is 24.7 Å². The lowest BCUT2D eigenvalue weighted by atomic mass is 9.97. The highest BCUT2D eigenvalue weighted by Gasteiger charge is 2.47. The van der Waals surface area contributed by atoms with Crippen molar-refractivity contribution < 1.29 is 38.4 Å². The van der Waals surface area contributed by atoms with Gasteiger partial charge in [-0.1, -0.05) is 0 Å². The van der Waals surface area contributed by atoms with E-state index in [1.54, 1.807) is 24.3 Å². The van der Waals surface area contributed by atoms with Crippen LogP contribution in [0, 0.1) is 0 Å². The summed E-state index contributed by atoms with van der Waals surface area (Å²) in [7, 11) is 0. The van der Waals surface area contributed by atoms with Crippen LogP contribution in [0.4, 0.5) is 5.69 Å². The molecule has 154 valence electrons. The van der Waals surface area contributed by atoms with E-state index in [1.165, 1.54) is 20.8 Å². The van der Waals surface area contributed by atoms with Gasteiger partial charge in [0.15, 0.2) is 0 Å². The number of ether oxygens (including phenoxy) is 4. The van der Waals surface area contributed by atoms with Gasteiger partial charge in [-0.3, -0.25) is 14.4 Å². The van der Waals surface area contributed by atoms with Crippen LogP contribution in [0.15, 0.2) is 24.3 Å². The number of anilines is 1. The Bertz CT molecular complexity index is 708. The second-order valence-corrected chi connectivity index (χ2v) is 6.31. The van der Waals surface area contributed by atoms with E-state index in [0.29, 0.717) is 11.4 Å². The Morgan fingerprint density at radius 3 is 2.32 bits per heavy atom. The SMILES string of the molecule is CC(=O)Nc1ccc(O[C@H]2OC(COC(C)=O)[C@@H](OC(C)=O)[C@@H](N)[C@@H]2O)cc1. The molecule has 0 radical (unpaired) electrons. The molecule has 0 aliphatic carbocycles. The molecule has 28 heavy (non-hydrogen) atoms. The van der Waals surface area contributed by atoms with Crippen molar-refractivity contribution in [3.8, 4) is 5.75 Å². The third-order valence-electron chi connectivity index (χ3n) is 3.91. The number of carbonyl (C=O) groups is 3. The van der Waals surface area contributed by atoms with Gasteiger partial charge in [0.05, 0.1) is 6.04 Å².